The maximum absolute atomic E-state index is 13.9. The van der Waals surface area contributed by atoms with Crippen LogP contribution in [0.4, 0.5) is 0 Å². The van der Waals surface area contributed by atoms with Crippen LogP contribution in [0.2, 0.25) is 0 Å². The van der Waals surface area contributed by atoms with Crippen molar-refractivity contribution in [1.29, 1.82) is 0 Å². The molecule has 0 saturated heterocycles. The van der Waals surface area contributed by atoms with Gasteiger partial charge in [0.1, 0.15) is 28.4 Å². The van der Waals surface area contributed by atoms with Gasteiger partial charge in [-0.15, -0.1) is 0 Å². The number of rotatable bonds is 2. The molecule has 11 heteroatoms. The minimum Gasteiger partial charge on any atom is -0.508 e. The highest BCUT2D eigenvalue weighted by Gasteiger charge is 2.85. The molecule has 7 N–H and O–H groups in total. The quantitative estimate of drug-likeness (QED) is 0.160. The van der Waals surface area contributed by atoms with Gasteiger partial charge in [0, 0.05) is 11.5 Å². The van der Waals surface area contributed by atoms with Crippen molar-refractivity contribution in [2.45, 2.75) is 27.6 Å². The molecule has 4 aliphatic rings. The van der Waals surface area contributed by atoms with Crippen LogP contribution in [0.15, 0.2) is 35.1 Å². The van der Waals surface area contributed by atoms with Crippen molar-refractivity contribution in [2.75, 3.05) is 14.1 Å². The summed E-state index contributed by atoms with van der Waals surface area (Å²) in [5, 5.41) is 55.7. The Morgan fingerprint density at radius 2 is 1.82 bits per heavy atom. The fourth-order valence-corrected chi connectivity index (χ4v) is 7.98. The Morgan fingerprint density at radius 3 is 2.39 bits per heavy atom. The van der Waals surface area contributed by atoms with Crippen molar-refractivity contribution in [3.8, 4) is 5.75 Å². The van der Waals surface area contributed by atoms with Crippen LogP contribution < -0.4 is 5.73 Å². The maximum atomic E-state index is 13.9. The average molecular weight is 568 g/mol. The summed E-state index contributed by atoms with van der Waals surface area (Å²) in [6, 6.07) is 3.10. The number of phenols is 1. The third-order valence-corrected chi connectivity index (χ3v) is 9.68. The molecule has 1 aromatic rings. The number of halogens is 1. The zero-order valence-corrected chi connectivity index (χ0v) is 19.7. The number of phenolic OH excluding ortho intramolecular Hbond substituents is 1. The van der Waals surface area contributed by atoms with Crippen LogP contribution >= 0.6 is 22.6 Å². The van der Waals surface area contributed by atoms with Crippen molar-refractivity contribution in [3.05, 3.63) is 46.2 Å². The highest BCUT2D eigenvalue weighted by atomic mass is 127. The molecule has 0 aliphatic heterocycles. The number of ketones is 2. The van der Waals surface area contributed by atoms with Gasteiger partial charge in [-0.25, -0.2) is 0 Å². The third kappa shape index (κ3) is 2.17. The third-order valence-electron chi connectivity index (χ3n) is 7.72. The molecule has 33 heavy (non-hydrogen) atoms. The number of hydrogen-bond donors (Lipinski definition) is 6. The Morgan fingerprint density at radius 1 is 1.18 bits per heavy atom. The summed E-state index contributed by atoms with van der Waals surface area (Å²) >= 11 is 1.95. The van der Waals surface area contributed by atoms with E-state index < -0.39 is 67.1 Å². The molecule has 2 fully saturated rings. The number of aromatic hydroxyl groups is 1. The first-order valence-corrected chi connectivity index (χ1v) is 11.4. The summed E-state index contributed by atoms with van der Waals surface area (Å²) in [6.45, 7) is 0. The number of nitrogens with zero attached hydrogens (tertiary/aromatic N) is 1. The molecule has 10 nitrogen and oxygen atoms in total. The molecule has 0 aromatic heterocycles. The van der Waals surface area contributed by atoms with E-state index in [0.717, 1.165) is 0 Å². The van der Waals surface area contributed by atoms with Gasteiger partial charge in [-0.1, -0.05) is 34.7 Å². The molecule has 6 atom stereocenters. The first-order valence-electron chi connectivity index (χ1n) is 10.1. The van der Waals surface area contributed by atoms with Crippen LogP contribution in [0, 0.1) is 11.3 Å². The largest absolute Gasteiger partial charge is 0.508 e. The predicted octanol–water partition coefficient (Wildman–Crippen LogP) is -0.203. The van der Waals surface area contributed by atoms with E-state index in [2.05, 4.69) is 0 Å². The molecule has 2 saturated carbocycles. The molecule has 0 bridgehead atoms. The van der Waals surface area contributed by atoms with Crippen molar-refractivity contribution >= 4 is 45.8 Å². The Hall–Kier alpha value is -2.48. The highest BCUT2D eigenvalue weighted by molar-refractivity contribution is 14.1. The van der Waals surface area contributed by atoms with E-state index in [0.29, 0.717) is 0 Å². The predicted molar refractivity (Wildman–Crippen MR) is 121 cm³/mol. The molecule has 0 radical (unpaired) electrons. The Balaban J connectivity index is 1.85. The van der Waals surface area contributed by atoms with Crippen LogP contribution in [0.25, 0.3) is 5.76 Å². The van der Waals surface area contributed by atoms with Crippen LogP contribution in [0.1, 0.15) is 17.5 Å². The molecule has 0 heterocycles. The zero-order chi connectivity index (χ0) is 24.4. The fraction of sp³-hybridized carbons (Fsp3) is 0.409. The van der Waals surface area contributed by atoms with E-state index in [9.17, 15) is 39.9 Å². The van der Waals surface area contributed by atoms with Gasteiger partial charge in [0.15, 0.2) is 11.4 Å². The number of nitrogens with two attached hydrogens (primary N) is 1. The normalized spacial score (nSPS) is 39.2. The van der Waals surface area contributed by atoms with Crippen LogP contribution in [0.5, 0.6) is 5.75 Å². The maximum Gasteiger partial charge on any atom is 0.255 e. The van der Waals surface area contributed by atoms with Crippen molar-refractivity contribution in [3.63, 3.8) is 0 Å². The summed E-state index contributed by atoms with van der Waals surface area (Å²) in [5.41, 5.74) is -1.67. The number of Topliss-reactive ketones (excluding diaryl/α,β-unsaturated/α-hetero) is 2. The van der Waals surface area contributed by atoms with Crippen molar-refractivity contribution in [1.82, 2.24) is 4.90 Å². The molecule has 1 aromatic carbocycles. The average Bonchev–Trinajstić information content (AvgIpc) is 3.20. The minimum absolute atomic E-state index is 0.144. The molecule has 1 unspecified atom stereocenters. The lowest BCUT2D eigenvalue weighted by molar-refractivity contribution is -0.156. The second-order valence-corrected chi connectivity index (χ2v) is 10.5. The monoisotopic (exact) mass is 568 g/mol. The number of alkyl halides is 1. The molecule has 1 spiro atoms. The molecule has 4 aliphatic carbocycles. The Bertz CT molecular complexity index is 1250. The number of aliphatic hydroxyl groups is 4. The van der Waals surface area contributed by atoms with E-state index >= 15 is 0 Å². The van der Waals surface area contributed by atoms with E-state index in [-0.39, 0.29) is 28.9 Å². The van der Waals surface area contributed by atoms with E-state index in [1.807, 2.05) is 22.6 Å². The number of aliphatic hydroxyl groups excluding tert-OH is 2. The Kier molecular flexibility index (Phi) is 4.29. The zero-order valence-electron chi connectivity index (χ0n) is 17.5. The first kappa shape index (κ1) is 22.3. The van der Waals surface area contributed by atoms with Crippen LogP contribution in [0.3, 0.4) is 0 Å². The van der Waals surface area contributed by atoms with Gasteiger partial charge in [-0.2, -0.15) is 0 Å². The van der Waals surface area contributed by atoms with Gasteiger partial charge in [0.25, 0.3) is 5.91 Å². The number of likely N-dealkylation sites (N-methyl/N-ethyl adjacent to an activating group) is 1. The van der Waals surface area contributed by atoms with Gasteiger partial charge in [0.05, 0.1) is 26.5 Å². The standard InChI is InChI=1S/C22H21IN2O8/c1-25(2)13-8-6-20-12(17(30)21(8,32)16(29)11(15(13)28)18(24)31)14(27)10-7(4-3-5-9(10)26)22(20,33)19(20)23/h3-5,8,13,19,26-27,29,32-33H,6H2,1-2H3,(H2,24,31)/t8-,13-,19?,20-,21+,22-/m0/s1. The van der Waals surface area contributed by atoms with E-state index in [1.165, 1.54) is 37.2 Å². The fourth-order valence-electron chi connectivity index (χ4n) is 6.23. The molecular weight excluding hydrogens is 547 g/mol. The number of carbonyl (C=O) groups is 3. The summed E-state index contributed by atoms with van der Waals surface area (Å²) in [6.07, 6.45) is -0.168. The number of primary amides is 1. The first-order chi connectivity index (χ1) is 15.3. The minimum atomic E-state index is -2.75. The van der Waals surface area contributed by atoms with Crippen LogP contribution in [-0.2, 0) is 20.0 Å². The summed E-state index contributed by atoms with van der Waals surface area (Å²) in [4.78, 5) is 40.4. The smallest absolute Gasteiger partial charge is 0.255 e. The number of carbonyl (C=O) groups excluding carboxylic acids is 3. The second kappa shape index (κ2) is 6.34. The summed E-state index contributed by atoms with van der Waals surface area (Å²) in [7, 11) is 3.04. The van der Waals surface area contributed by atoms with Gasteiger partial charge in [-0.3, -0.25) is 19.3 Å². The van der Waals surface area contributed by atoms with Gasteiger partial charge in [-0.05, 0) is 26.6 Å². The SMILES string of the molecule is CN(C)[C@@H]1C(=O)C(C(N)=O)=C(O)[C@@]2(O)C(=O)C3=C(O)c4c(O)cccc4[C@]4(O)C(I)[C@]34C[C@@H]12. The van der Waals surface area contributed by atoms with Gasteiger partial charge in [0.2, 0.25) is 5.78 Å². The van der Waals surface area contributed by atoms with E-state index in [1.54, 1.807) is 0 Å². The molecule has 1 amide bonds. The van der Waals surface area contributed by atoms with Crippen molar-refractivity contribution in [2.24, 2.45) is 17.1 Å². The number of benzene rings is 1. The second-order valence-electron chi connectivity index (χ2n) is 9.29. The molecule has 174 valence electrons. The highest BCUT2D eigenvalue weighted by Crippen LogP contribution is 2.79. The lowest BCUT2D eigenvalue weighted by Crippen LogP contribution is -2.66. The summed E-state index contributed by atoms with van der Waals surface area (Å²) in [5.74, 6) is -6.72. The summed E-state index contributed by atoms with van der Waals surface area (Å²) < 4.78 is -0.655. The topological polar surface area (TPSA) is 182 Å². The van der Waals surface area contributed by atoms with Crippen LogP contribution in [-0.4, -0.2) is 77.6 Å². The van der Waals surface area contributed by atoms with E-state index in [4.69, 9.17) is 5.73 Å². The van der Waals surface area contributed by atoms with Crippen molar-refractivity contribution < 1.29 is 39.9 Å². The number of amides is 1. The number of fused-ring (bicyclic) bond motifs is 3. The molecular formula is C22H21IN2O8. The van der Waals surface area contributed by atoms with Gasteiger partial charge >= 0.3 is 0 Å². The van der Waals surface area contributed by atoms with Gasteiger partial charge < -0.3 is 31.3 Å². The molecule has 5 rings (SSSR count). The lowest BCUT2D eigenvalue weighted by atomic mass is 9.56. The lowest BCUT2D eigenvalue weighted by Gasteiger charge is -2.51. The number of hydrogen-bond acceptors (Lipinski definition) is 9. The Labute approximate surface area is 201 Å².